The first kappa shape index (κ1) is 22.0. The number of rotatable bonds is 8. The van der Waals surface area contributed by atoms with Crippen LogP contribution in [0.1, 0.15) is 36.6 Å². The van der Waals surface area contributed by atoms with E-state index in [0.717, 1.165) is 38.6 Å². The molecule has 34 heavy (non-hydrogen) atoms. The van der Waals surface area contributed by atoms with E-state index in [2.05, 4.69) is 27.8 Å². The molecular weight excluding hydrogens is 422 g/mol. The van der Waals surface area contributed by atoms with E-state index in [9.17, 15) is 4.79 Å². The lowest BCUT2D eigenvalue weighted by Crippen LogP contribution is -2.56. The third kappa shape index (κ3) is 4.35. The smallest absolute Gasteiger partial charge is 0.240 e. The lowest BCUT2D eigenvalue weighted by molar-refractivity contribution is -0.127. The molecule has 0 saturated carbocycles. The number of nitrogens with one attached hydrogen (secondary N) is 3. The molecule has 2 atom stereocenters. The summed E-state index contributed by atoms with van der Waals surface area (Å²) in [6.07, 6.45) is 4.32. The molecule has 0 fully saturated rings. The Labute approximate surface area is 199 Å². The Morgan fingerprint density at radius 2 is 1.65 bits per heavy atom. The van der Waals surface area contributed by atoms with Crippen molar-refractivity contribution < 1.29 is 9.21 Å². The van der Waals surface area contributed by atoms with Crippen LogP contribution in [0.5, 0.6) is 0 Å². The summed E-state index contributed by atoms with van der Waals surface area (Å²) in [6.45, 7) is 4.51. The first-order valence-electron chi connectivity index (χ1n) is 11.6. The molecule has 0 aliphatic rings. The molecule has 1 unspecified atom stereocenters. The van der Waals surface area contributed by atoms with E-state index in [0.29, 0.717) is 13.0 Å². The van der Waals surface area contributed by atoms with Crippen molar-refractivity contribution in [2.24, 2.45) is 0 Å². The second-order valence-corrected chi connectivity index (χ2v) is 9.08. The van der Waals surface area contributed by atoms with Crippen LogP contribution in [0.4, 0.5) is 0 Å². The van der Waals surface area contributed by atoms with E-state index in [1.807, 2.05) is 86.8 Å². The zero-order valence-corrected chi connectivity index (χ0v) is 19.5. The highest BCUT2D eigenvalue weighted by Gasteiger charge is 2.35. The van der Waals surface area contributed by atoms with Gasteiger partial charge in [0.1, 0.15) is 5.58 Å². The van der Waals surface area contributed by atoms with Gasteiger partial charge in [-0.1, -0.05) is 66.7 Å². The largest absolute Gasteiger partial charge is 0.464 e. The van der Waals surface area contributed by atoms with E-state index in [4.69, 9.17) is 4.42 Å². The molecule has 0 spiro atoms. The fourth-order valence-corrected chi connectivity index (χ4v) is 4.52. The third-order valence-corrected chi connectivity index (χ3v) is 6.60. The van der Waals surface area contributed by atoms with E-state index < -0.39 is 5.54 Å². The predicted octanol–water partition coefficient (Wildman–Crippen LogP) is 5.88. The van der Waals surface area contributed by atoms with Gasteiger partial charge in [-0.3, -0.25) is 10.1 Å². The van der Waals surface area contributed by atoms with Gasteiger partial charge in [-0.25, -0.2) is 0 Å². The van der Waals surface area contributed by atoms with Crippen molar-refractivity contribution in [1.82, 2.24) is 15.6 Å². The molecule has 0 bridgehead atoms. The van der Waals surface area contributed by atoms with Gasteiger partial charge in [0.15, 0.2) is 0 Å². The Kier molecular flexibility index (Phi) is 5.95. The molecule has 3 N–H and O–H groups in total. The fraction of sp³-hybridized carbons (Fsp3) is 0.207. The van der Waals surface area contributed by atoms with Crippen LogP contribution in [0.25, 0.3) is 21.9 Å². The normalized spacial score (nSPS) is 14.2. The number of para-hydroxylation sites is 2. The quantitative estimate of drug-likeness (QED) is 0.276. The number of hydrogen-bond acceptors (Lipinski definition) is 3. The minimum absolute atomic E-state index is 0.0399. The Bertz CT molecular complexity index is 1420. The van der Waals surface area contributed by atoms with Crippen molar-refractivity contribution in [3.05, 3.63) is 108 Å². The number of aromatic amines is 1. The van der Waals surface area contributed by atoms with Gasteiger partial charge >= 0.3 is 0 Å². The number of carbonyl (C=O) groups excluding carboxylic acids is 1. The van der Waals surface area contributed by atoms with Crippen molar-refractivity contribution in [3.63, 3.8) is 0 Å². The van der Waals surface area contributed by atoms with Crippen LogP contribution in [0, 0.1) is 0 Å². The lowest BCUT2D eigenvalue weighted by Gasteiger charge is -2.31. The maximum atomic E-state index is 13.7. The molecule has 0 aliphatic heterocycles. The molecule has 172 valence electrons. The minimum atomic E-state index is -0.841. The number of H-pyrrole nitrogens is 1. The van der Waals surface area contributed by atoms with Gasteiger partial charge in [0, 0.05) is 41.0 Å². The van der Waals surface area contributed by atoms with E-state index in [-0.39, 0.29) is 11.9 Å². The number of benzene rings is 3. The van der Waals surface area contributed by atoms with Crippen LogP contribution in [0.3, 0.4) is 0 Å². The predicted molar refractivity (Wildman–Crippen MR) is 136 cm³/mol. The Balaban J connectivity index is 1.43. The molecule has 3 aromatic carbocycles. The summed E-state index contributed by atoms with van der Waals surface area (Å²) in [6, 6.07) is 26.1. The molecule has 2 aromatic heterocycles. The van der Waals surface area contributed by atoms with Gasteiger partial charge in [-0.15, -0.1) is 0 Å². The molecule has 1 amide bonds. The SMILES string of the molecule is C[C@H](NC(=O)C(C)(Cc1c[nH]c2ccccc12)NCc1coc2ccccc12)c1ccccc1. The van der Waals surface area contributed by atoms with Crippen molar-refractivity contribution >= 4 is 27.8 Å². The van der Waals surface area contributed by atoms with Crippen molar-refractivity contribution in [2.45, 2.75) is 38.4 Å². The summed E-state index contributed by atoms with van der Waals surface area (Å²) in [5.41, 5.74) is 4.28. The second-order valence-electron chi connectivity index (χ2n) is 9.08. The highest BCUT2D eigenvalue weighted by Crippen LogP contribution is 2.26. The maximum absolute atomic E-state index is 13.7. The van der Waals surface area contributed by atoms with Crippen LogP contribution >= 0.6 is 0 Å². The molecule has 2 heterocycles. The van der Waals surface area contributed by atoms with Crippen LogP contribution < -0.4 is 10.6 Å². The summed E-state index contributed by atoms with van der Waals surface area (Å²) < 4.78 is 5.72. The van der Waals surface area contributed by atoms with E-state index in [1.54, 1.807) is 6.26 Å². The monoisotopic (exact) mass is 451 g/mol. The summed E-state index contributed by atoms with van der Waals surface area (Å²) >= 11 is 0. The van der Waals surface area contributed by atoms with Gasteiger partial charge in [-0.2, -0.15) is 0 Å². The van der Waals surface area contributed by atoms with Crippen molar-refractivity contribution in [2.75, 3.05) is 0 Å². The van der Waals surface area contributed by atoms with Gasteiger partial charge in [-0.05, 0) is 37.1 Å². The standard InChI is InChI=1S/C29H29N3O2/c1-20(21-10-4-3-5-11-21)32-28(33)29(2,16-22-17-30-26-14-8-6-12-24(22)26)31-18-23-19-34-27-15-9-7-13-25(23)27/h3-15,17,19-20,30-31H,16,18H2,1-2H3,(H,32,33)/t20-,29?/m0/s1. The summed E-state index contributed by atoms with van der Waals surface area (Å²) in [5.74, 6) is -0.0399. The van der Waals surface area contributed by atoms with Gasteiger partial charge in [0.05, 0.1) is 17.8 Å². The molecule has 5 heteroatoms. The number of fused-ring (bicyclic) bond motifs is 2. The lowest BCUT2D eigenvalue weighted by atomic mass is 9.90. The summed E-state index contributed by atoms with van der Waals surface area (Å²) in [7, 11) is 0. The average Bonchev–Trinajstić information content (AvgIpc) is 3.47. The Morgan fingerprint density at radius 1 is 0.941 bits per heavy atom. The molecular formula is C29H29N3O2. The number of aromatic nitrogens is 1. The van der Waals surface area contributed by atoms with E-state index in [1.165, 1.54) is 0 Å². The fourth-order valence-electron chi connectivity index (χ4n) is 4.52. The summed E-state index contributed by atoms with van der Waals surface area (Å²) in [4.78, 5) is 17.1. The maximum Gasteiger partial charge on any atom is 0.240 e. The van der Waals surface area contributed by atoms with Crippen LogP contribution in [0.15, 0.2) is 95.7 Å². The van der Waals surface area contributed by atoms with Crippen LogP contribution in [-0.2, 0) is 17.8 Å². The second kappa shape index (κ2) is 9.20. The van der Waals surface area contributed by atoms with Crippen LogP contribution in [0.2, 0.25) is 0 Å². The zero-order chi connectivity index (χ0) is 23.5. The molecule has 0 radical (unpaired) electrons. The molecule has 5 rings (SSSR count). The highest BCUT2D eigenvalue weighted by atomic mass is 16.3. The van der Waals surface area contributed by atoms with Crippen molar-refractivity contribution in [3.8, 4) is 0 Å². The molecule has 0 saturated heterocycles. The molecule has 5 aromatic rings. The van der Waals surface area contributed by atoms with Crippen LogP contribution in [-0.4, -0.2) is 16.4 Å². The van der Waals surface area contributed by atoms with Gasteiger partial charge < -0.3 is 14.7 Å². The Morgan fingerprint density at radius 3 is 2.47 bits per heavy atom. The number of amides is 1. The van der Waals surface area contributed by atoms with Crippen molar-refractivity contribution in [1.29, 1.82) is 0 Å². The number of hydrogen-bond donors (Lipinski definition) is 3. The topological polar surface area (TPSA) is 70.1 Å². The Hall–Kier alpha value is -3.83. The molecule has 5 nitrogen and oxygen atoms in total. The summed E-state index contributed by atoms with van der Waals surface area (Å²) in [5, 5.41) is 8.98. The minimum Gasteiger partial charge on any atom is -0.464 e. The molecule has 0 aliphatic carbocycles. The highest BCUT2D eigenvalue weighted by molar-refractivity contribution is 5.89. The zero-order valence-electron chi connectivity index (χ0n) is 19.5. The van der Waals surface area contributed by atoms with Gasteiger partial charge in [0.25, 0.3) is 0 Å². The first-order valence-corrected chi connectivity index (χ1v) is 11.6. The number of furan rings is 1. The van der Waals surface area contributed by atoms with E-state index >= 15 is 0 Å². The van der Waals surface area contributed by atoms with Gasteiger partial charge in [0.2, 0.25) is 5.91 Å². The average molecular weight is 452 g/mol. The number of carbonyl (C=O) groups is 1. The third-order valence-electron chi connectivity index (χ3n) is 6.60. The first-order chi connectivity index (χ1) is 16.5.